The molecule has 0 bridgehead atoms. The van der Waals surface area contributed by atoms with Crippen molar-refractivity contribution in [1.29, 1.82) is 0 Å². The molecule has 136 valence electrons. The van der Waals surface area contributed by atoms with Gasteiger partial charge in [0.05, 0.1) is 12.7 Å². The molecule has 2 saturated heterocycles. The number of rotatable bonds is 5. The number of carbonyl (C=O) groups is 2. The van der Waals surface area contributed by atoms with Crippen LogP contribution in [0.15, 0.2) is 24.3 Å². The molecule has 2 aliphatic rings. The molecule has 6 heteroatoms. The number of nitrogens with two attached hydrogens (primary N) is 1. The van der Waals surface area contributed by atoms with E-state index in [1.807, 2.05) is 29.2 Å². The summed E-state index contributed by atoms with van der Waals surface area (Å²) in [6.45, 7) is 3.15. The summed E-state index contributed by atoms with van der Waals surface area (Å²) in [5, 5.41) is 0. The topological polar surface area (TPSA) is 75.9 Å². The first-order valence-corrected chi connectivity index (χ1v) is 9.04. The van der Waals surface area contributed by atoms with Crippen molar-refractivity contribution in [1.82, 2.24) is 9.80 Å². The highest BCUT2D eigenvalue weighted by Gasteiger charge is 2.40. The molecule has 2 atom stereocenters. The van der Waals surface area contributed by atoms with Crippen LogP contribution in [0.25, 0.3) is 0 Å². The third kappa shape index (κ3) is 3.95. The van der Waals surface area contributed by atoms with Gasteiger partial charge >= 0.3 is 0 Å². The molecule has 25 heavy (non-hydrogen) atoms. The molecule has 2 amide bonds. The summed E-state index contributed by atoms with van der Waals surface area (Å²) in [5.41, 5.74) is 5.94. The van der Waals surface area contributed by atoms with Crippen molar-refractivity contribution in [2.24, 2.45) is 11.7 Å². The van der Waals surface area contributed by atoms with Crippen molar-refractivity contribution in [2.75, 3.05) is 33.3 Å². The van der Waals surface area contributed by atoms with Gasteiger partial charge in [-0.25, -0.2) is 0 Å². The van der Waals surface area contributed by atoms with Crippen LogP contribution in [0.1, 0.15) is 36.0 Å². The van der Waals surface area contributed by atoms with Crippen molar-refractivity contribution in [3.05, 3.63) is 29.8 Å². The van der Waals surface area contributed by atoms with E-state index in [0.717, 1.165) is 25.9 Å². The average Bonchev–Trinajstić information content (AvgIpc) is 2.95. The molecule has 1 aromatic rings. The molecule has 0 aliphatic carbocycles. The van der Waals surface area contributed by atoms with E-state index in [1.165, 1.54) is 6.42 Å². The van der Waals surface area contributed by atoms with Gasteiger partial charge in [-0.3, -0.25) is 14.5 Å². The standard InChI is InChI=1S/C19H27N3O3/c1-25-17-8-3-2-7-15(17)19(24)22-12-14-6-4-5-10-21(16(14)13-22)11-9-18(20)23/h2-3,7-8,14,16H,4-6,9-13H2,1H3,(H2,20,23)/t14-,16+/m0/s1. The lowest BCUT2D eigenvalue weighted by Gasteiger charge is -2.29. The maximum Gasteiger partial charge on any atom is 0.257 e. The number of amides is 2. The van der Waals surface area contributed by atoms with Crippen LogP contribution in [0.5, 0.6) is 5.75 Å². The molecule has 2 aliphatic heterocycles. The summed E-state index contributed by atoms with van der Waals surface area (Å²) in [5.74, 6) is 0.848. The van der Waals surface area contributed by atoms with Crippen LogP contribution in [0.2, 0.25) is 0 Å². The average molecular weight is 345 g/mol. The number of para-hydroxylation sites is 1. The smallest absolute Gasteiger partial charge is 0.257 e. The summed E-state index contributed by atoms with van der Waals surface area (Å²) >= 11 is 0. The Hall–Kier alpha value is -2.08. The van der Waals surface area contributed by atoms with Crippen molar-refractivity contribution < 1.29 is 14.3 Å². The third-order valence-electron chi connectivity index (χ3n) is 5.42. The highest BCUT2D eigenvalue weighted by atomic mass is 16.5. The zero-order valence-corrected chi connectivity index (χ0v) is 14.8. The first kappa shape index (κ1) is 17.7. The monoisotopic (exact) mass is 345 g/mol. The van der Waals surface area contributed by atoms with E-state index in [2.05, 4.69) is 4.90 Å². The highest BCUT2D eigenvalue weighted by molar-refractivity contribution is 5.97. The number of primary amides is 1. The van der Waals surface area contributed by atoms with Gasteiger partial charge in [0.25, 0.3) is 5.91 Å². The Balaban J connectivity index is 1.73. The van der Waals surface area contributed by atoms with Crippen LogP contribution >= 0.6 is 0 Å². The van der Waals surface area contributed by atoms with Crippen molar-refractivity contribution in [2.45, 2.75) is 31.7 Å². The van der Waals surface area contributed by atoms with E-state index in [1.54, 1.807) is 7.11 Å². The maximum absolute atomic E-state index is 13.0. The number of carbonyl (C=O) groups excluding carboxylic acids is 2. The molecule has 0 saturated carbocycles. The molecule has 3 rings (SSSR count). The molecule has 0 unspecified atom stereocenters. The van der Waals surface area contributed by atoms with Gasteiger partial charge < -0.3 is 15.4 Å². The Bertz CT molecular complexity index is 634. The fourth-order valence-electron chi connectivity index (χ4n) is 4.13. The van der Waals surface area contributed by atoms with Crippen LogP contribution in [0.4, 0.5) is 0 Å². The predicted molar refractivity (Wildman–Crippen MR) is 95.4 cm³/mol. The summed E-state index contributed by atoms with van der Waals surface area (Å²) < 4.78 is 5.34. The molecular formula is C19H27N3O3. The number of hydrogen-bond donors (Lipinski definition) is 1. The predicted octanol–water partition coefficient (Wildman–Crippen LogP) is 1.50. The molecule has 0 spiro atoms. The first-order chi connectivity index (χ1) is 12.1. The first-order valence-electron chi connectivity index (χ1n) is 9.04. The lowest BCUT2D eigenvalue weighted by atomic mass is 9.98. The lowest BCUT2D eigenvalue weighted by Crippen LogP contribution is -2.42. The van der Waals surface area contributed by atoms with Gasteiger partial charge in [-0.15, -0.1) is 0 Å². The SMILES string of the molecule is COc1ccccc1C(=O)N1C[C@@H]2CCCCN(CCC(N)=O)[C@@H]2C1. The molecule has 2 heterocycles. The number of benzene rings is 1. The Morgan fingerprint density at radius 3 is 2.80 bits per heavy atom. The summed E-state index contributed by atoms with van der Waals surface area (Å²) in [4.78, 5) is 28.4. The quantitative estimate of drug-likeness (QED) is 0.877. The van der Waals surface area contributed by atoms with Crippen LogP contribution in [0.3, 0.4) is 0 Å². The molecule has 1 aromatic carbocycles. The molecule has 0 aromatic heterocycles. The number of nitrogens with zero attached hydrogens (tertiary/aromatic N) is 2. The zero-order chi connectivity index (χ0) is 17.8. The number of methoxy groups -OCH3 is 1. The molecule has 2 N–H and O–H groups in total. The molecule has 6 nitrogen and oxygen atoms in total. The summed E-state index contributed by atoms with van der Waals surface area (Å²) in [6.07, 6.45) is 3.83. The minimum absolute atomic E-state index is 0.0281. The van der Waals surface area contributed by atoms with Gasteiger partial charge in [0, 0.05) is 32.1 Å². The van der Waals surface area contributed by atoms with E-state index < -0.39 is 0 Å². The van der Waals surface area contributed by atoms with Gasteiger partial charge in [0.1, 0.15) is 5.75 Å². The second-order valence-electron chi connectivity index (χ2n) is 6.99. The zero-order valence-electron chi connectivity index (χ0n) is 14.8. The van der Waals surface area contributed by atoms with Gasteiger partial charge in [-0.2, -0.15) is 0 Å². The van der Waals surface area contributed by atoms with E-state index in [-0.39, 0.29) is 11.8 Å². The second kappa shape index (κ2) is 7.87. The Labute approximate surface area is 148 Å². The van der Waals surface area contributed by atoms with Crippen molar-refractivity contribution >= 4 is 11.8 Å². The number of hydrogen-bond acceptors (Lipinski definition) is 4. The van der Waals surface area contributed by atoms with Crippen LogP contribution in [-0.4, -0.2) is 60.9 Å². The Morgan fingerprint density at radius 1 is 1.24 bits per heavy atom. The number of fused-ring (bicyclic) bond motifs is 1. The van der Waals surface area contributed by atoms with E-state index in [4.69, 9.17) is 10.5 Å². The van der Waals surface area contributed by atoms with E-state index in [0.29, 0.717) is 42.8 Å². The van der Waals surface area contributed by atoms with Crippen LogP contribution in [-0.2, 0) is 4.79 Å². The highest BCUT2D eigenvalue weighted by Crippen LogP contribution is 2.32. The number of likely N-dealkylation sites (tertiary alicyclic amines) is 2. The lowest BCUT2D eigenvalue weighted by molar-refractivity contribution is -0.118. The van der Waals surface area contributed by atoms with E-state index in [9.17, 15) is 9.59 Å². The fraction of sp³-hybridized carbons (Fsp3) is 0.579. The van der Waals surface area contributed by atoms with Gasteiger partial charge in [-0.05, 0) is 37.4 Å². The van der Waals surface area contributed by atoms with Crippen molar-refractivity contribution in [3.63, 3.8) is 0 Å². The Morgan fingerprint density at radius 2 is 2.04 bits per heavy atom. The maximum atomic E-state index is 13.0. The van der Waals surface area contributed by atoms with Gasteiger partial charge in [0.15, 0.2) is 0 Å². The normalized spacial score (nSPS) is 23.8. The largest absolute Gasteiger partial charge is 0.496 e. The molecular weight excluding hydrogens is 318 g/mol. The second-order valence-corrected chi connectivity index (χ2v) is 6.99. The summed E-state index contributed by atoms with van der Waals surface area (Å²) in [6, 6.07) is 7.69. The third-order valence-corrected chi connectivity index (χ3v) is 5.42. The number of ether oxygens (including phenoxy) is 1. The molecule has 2 fully saturated rings. The minimum Gasteiger partial charge on any atom is -0.496 e. The fourth-order valence-corrected chi connectivity index (χ4v) is 4.13. The van der Waals surface area contributed by atoms with Gasteiger partial charge in [-0.1, -0.05) is 18.6 Å². The van der Waals surface area contributed by atoms with E-state index >= 15 is 0 Å². The molecule has 0 radical (unpaired) electrons. The minimum atomic E-state index is -0.263. The van der Waals surface area contributed by atoms with Crippen LogP contribution < -0.4 is 10.5 Å². The Kier molecular flexibility index (Phi) is 5.58. The summed E-state index contributed by atoms with van der Waals surface area (Å²) in [7, 11) is 1.59. The van der Waals surface area contributed by atoms with Crippen molar-refractivity contribution in [3.8, 4) is 5.75 Å². The van der Waals surface area contributed by atoms with Crippen LogP contribution in [0, 0.1) is 5.92 Å². The van der Waals surface area contributed by atoms with Gasteiger partial charge in [0.2, 0.25) is 5.91 Å².